The molecule has 0 saturated carbocycles. The fourth-order valence-electron chi connectivity index (χ4n) is 3.67. The zero-order valence-corrected chi connectivity index (χ0v) is 16.1. The van der Waals surface area contributed by atoms with Crippen LogP contribution in [0.5, 0.6) is 0 Å². The minimum atomic E-state index is -0.815. The van der Waals surface area contributed by atoms with Gasteiger partial charge in [-0.15, -0.1) is 0 Å². The number of rotatable bonds is 8. The fraction of sp³-hybridized carbons (Fsp3) is 0.409. The number of aliphatic hydroxyl groups is 2. The van der Waals surface area contributed by atoms with Crippen LogP contribution in [0.4, 0.5) is 0 Å². The quantitative estimate of drug-likeness (QED) is 0.635. The lowest BCUT2D eigenvalue weighted by Gasteiger charge is -2.30. The van der Waals surface area contributed by atoms with E-state index in [1.807, 2.05) is 48.3 Å². The third kappa shape index (κ3) is 4.97. The number of nitrogens with one attached hydrogen (secondary N) is 1. The van der Waals surface area contributed by atoms with Crippen LogP contribution in [0.15, 0.2) is 60.7 Å². The number of amides is 1. The first-order chi connectivity index (χ1) is 13.6. The Labute approximate surface area is 165 Å². The summed E-state index contributed by atoms with van der Waals surface area (Å²) in [7, 11) is 1.94. The van der Waals surface area contributed by atoms with E-state index in [0.717, 1.165) is 13.0 Å². The number of aliphatic hydroxyl groups excluding tert-OH is 2. The number of ether oxygens (including phenoxy) is 1. The summed E-state index contributed by atoms with van der Waals surface area (Å²) >= 11 is 0. The van der Waals surface area contributed by atoms with Crippen molar-refractivity contribution >= 4 is 5.91 Å². The Morgan fingerprint density at radius 2 is 1.71 bits per heavy atom. The van der Waals surface area contributed by atoms with Gasteiger partial charge in [0.25, 0.3) is 5.91 Å². The van der Waals surface area contributed by atoms with Crippen molar-refractivity contribution in [3.05, 3.63) is 71.8 Å². The van der Waals surface area contributed by atoms with Crippen LogP contribution in [0.3, 0.4) is 0 Å². The van der Waals surface area contributed by atoms with Crippen LogP contribution in [0.25, 0.3) is 0 Å². The molecule has 0 aromatic heterocycles. The van der Waals surface area contributed by atoms with E-state index in [2.05, 4.69) is 17.4 Å². The van der Waals surface area contributed by atoms with Crippen LogP contribution in [-0.2, 0) is 11.2 Å². The first-order valence-corrected chi connectivity index (χ1v) is 9.62. The van der Waals surface area contributed by atoms with Gasteiger partial charge in [-0.05, 0) is 31.2 Å². The van der Waals surface area contributed by atoms with E-state index < -0.39 is 18.3 Å². The van der Waals surface area contributed by atoms with E-state index in [9.17, 15) is 15.0 Å². The lowest BCUT2D eigenvalue weighted by atomic mass is 10.0. The van der Waals surface area contributed by atoms with Crippen LogP contribution >= 0.6 is 0 Å². The Morgan fingerprint density at radius 1 is 1.07 bits per heavy atom. The Morgan fingerprint density at radius 3 is 2.36 bits per heavy atom. The molecule has 6 heteroatoms. The van der Waals surface area contributed by atoms with E-state index in [4.69, 9.17) is 4.74 Å². The molecule has 1 aliphatic rings. The molecule has 1 amide bonds. The Balaban J connectivity index is 1.61. The highest BCUT2D eigenvalue weighted by molar-refractivity contribution is 5.94. The number of nitrogens with zero attached hydrogens (tertiary/aromatic N) is 1. The minimum absolute atomic E-state index is 0.183. The summed E-state index contributed by atoms with van der Waals surface area (Å²) in [6, 6.07) is 18.8. The van der Waals surface area contributed by atoms with Crippen molar-refractivity contribution in [3.63, 3.8) is 0 Å². The first-order valence-electron chi connectivity index (χ1n) is 9.62. The van der Waals surface area contributed by atoms with E-state index in [1.54, 1.807) is 12.1 Å². The topological polar surface area (TPSA) is 82.0 Å². The predicted molar refractivity (Wildman–Crippen MR) is 107 cm³/mol. The number of carbonyl (C=O) groups is 1. The smallest absolute Gasteiger partial charge is 0.251 e. The average Bonchev–Trinajstić information content (AvgIpc) is 3.07. The molecule has 0 unspecified atom stereocenters. The standard InChI is InChI=1S/C22H28N2O4/c1-24(13-12-16-8-4-2-5-9-16)20-18(28-19(15-25)21(20)26)14-23-22(27)17-10-6-3-7-11-17/h2-11,18-21,25-26H,12-15H2,1H3,(H,23,27)/t18-,19+,20+,21-/m1/s1. The normalized spacial score (nSPS) is 24.4. The van der Waals surface area contributed by atoms with E-state index in [0.29, 0.717) is 5.56 Å². The van der Waals surface area contributed by atoms with E-state index >= 15 is 0 Å². The molecule has 3 N–H and O–H groups in total. The predicted octanol–water partition coefficient (Wildman–Crippen LogP) is 1.08. The first kappa shape index (κ1) is 20.5. The summed E-state index contributed by atoms with van der Waals surface area (Å²) in [6.07, 6.45) is -1.03. The maximum atomic E-state index is 12.3. The van der Waals surface area contributed by atoms with Gasteiger partial charge in [-0.3, -0.25) is 9.69 Å². The van der Waals surface area contributed by atoms with Crippen LogP contribution in [0, 0.1) is 0 Å². The van der Waals surface area contributed by atoms with Gasteiger partial charge < -0.3 is 20.3 Å². The van der Waals surface area contributed by atoms with E-state index in [-0.39, 0.29) is 25.1 Å². The van der Waals surface area contributed by atoms with Crippen molar-refractivity contribution < 1.29 is 19.7 Å². The molecule has 0 radical (unpaired) electrons. The fourth-order valence-corrected chi connectivity index (χ4v) is 3.67. The second kappa shape index (κ2) is 9.80. The molecule has 1 heterocycles. The summed E-state index contributed by atoms with van der Waals surface area (Å²) in [6.45, 7) is 0.741. The van der Waals surface area contributed by atoms with Crippen LogP contribution in [0.2, 0.25) is 0 Å². The number of likely N-dealkylation sites (N-methyl/N-ethyl adjacent to an activating group) is 1. The molecular weight excluding hydrogens is 356 g/mol. The number of carbonyl (C=O) groups excluding carboxylic acids is 1. The van der Waals surface area contributed by atoms with Crippen LogP contribution in [-0.4, -0.2) is 72.1 Å². The molecule has 28 heavy (non-hydrogen) atoms. The zero-order chi connectivity index (χ0) is 19.9. The maximum Gasteiger partial charge on any atom is 0.251 e. The van der Waals surface area contributed by atoms with Crippen LogP contribution in [0.1, 0.15) is 15.9 Å². The second-order valence-corrected chi connectivity index (χ2v) is 7.17. The van der Waals surface area contributed by atoms with Gasteiger partial charge >= 0.3 is 0 Å². The third-order valence-electron chi connectivity index (χ3n) is 5.25. The highest BCUT2D eigenvalue weighted by atomic mass is 16.5. The van der Waals surface area contributed by atoms with Gasteiger partial charge in [-0.2, -0.15) is 0 Å². The Hall–Kier alpha value is -2.25. The van der Waals surface area contributed by atoms with Crippen molar-refractivity contribution in [1.29, 1.82) is 0 Å². The summed E-state index contributed by atoms with van der Waals surface area (Å²) in [5, 5.41) is 23.0. The third-order valence-corrected chi connectivity index (χ3v) is 5.25. The molecule has 2 aromatic carbocycles. The SMILES string of the molecule is CN(CCc1ccccc1)[C@@H]1[C@H](O)[C@H](CO)O[C@@H]1CNC(=O)c1ccccc1. The van der Waals surface area contributed by atoms with Crippen molar-refractivity contribution in [2.75, 3.05) is 26.7 Å². The molecule has 4 atom stereocenters. The Bertz CT molecular complexity index is 741. The van der Waals surface area contributed by atoms with Crippen LogP contribution < -0.4 is 5.32 Å². The lowest BCUT2D eigenvalue weighted by molar-refractivity contribution is -0.0209. The molecule has 1 aliphatic heterocycles. The summed E-state index contributed by atoms with van der Waals surface area (Å²) in [5.41, 5.74) is 1.80. The number of hydrogen-bond donors (Lipinski definition) is 3. The van der Waals surface area contributed by atoms with Gasteiger partial charge in [0, 0.05) is 18.7 Å². The molecule has 6 nitrogen and oxygen atoms in total. The van der Waals surface area contributed by atoms with Crippen molar-refractivity contribution in [3.8, 4) is 0 Å². The van der Waals surface area contributed by atoms with Crippen molar-refractivity contribution in [1.82, 2.24) is 10.2 Å². The summed E-state index contributed by atoms with van der Waals surface area (Å²) in [5.74, 6) is -0.183. The maximum absolute atomic E-state index is 12.3. The molecule has 1 fully saturated rings. The van der Waals surface area contributed by atoms with Gasteiger partial charge in [0.2, 0.25) is 0 Å². The second-order valence-electron chi connectivity index (χ2n) is 7.17. The molecule has 0 bridgehead atoms. The molecule has 0 spiro atoms. The van der Waals surface area contributed by atoms with Gasteiger partial charge in [-0.1, -0.05) is 48.5 Å². The Kier molecular flexibility index (Phi) is 7.17. The molecule has 2 aromatic rings. The number of benzene rings is 2. The molecular formula is C22H28N2O4. The van der Waals surface area contributed by atoms with E-state index in [1.165, 1.54) is 5.56 Å². The number of hydrogen-bond acceptors (Lipinski definition) is 5. The minimum Gasteiger partial charge on any atom is -0.394 e. The monoisotopic (exact) mass is 384 g/mol. The molecule has 3 rings (SSSR count). The molecule has 150 valence electrons. The highest BCUT2D eigenvalue weighted by Crippen LogP contribution is 2.25. The van der Waals surface area contributed by atoms with Gasteiger partial charge in [-0.25, -0.2) is 0 Å². The largest absolute Gasteiger partial charge is 0.394 e. The summed E-state index contributed by atoms with van der Waals surface area (Å²) in [4.78, 5) is 14.4. The average molecular weight is 384 g/mol. The highest BCUT2D eigenvalue weighted by Gasteiger charge is 2.45. The van der Waals surface area contributed by atoms with Crippen molar-refractivity contribution in [2.24, 2.45) is 0 Å². The van der Waals surface area contributed by atoms with Gasteiger partial charge in [0.15, 0.2) is 0 Å². The summed E-state index contributed by atoms with van der Waals surface area (Å²) < 4.78 is 5.84. The van der Waals surface area contributed by atoms with Crippen molar-refractivity contribution in [2.45, 2.75) is 30.8 Å². The molecule has 1 saturated heterocycles. The van der Waals surface area contributed by atoms with Gasteiger partial charge in [0.1, 0.15) is 12.2 Å². The molecule has 0 aliphatic carbocycles. The van der Waals surface area contributed by atoms with Gasteiger partial charge in [0.05, 0.1) is 18.8 Å². The zero-order valence-electron chi connectivity index (χ0n) is 16.1. The lowest BCUT2D eigenvalue weighted by Crippen LogP contribution is -2.50.